The summed E-state index contributed by atoms with van der Waals surface area (Å²) in [4.78, 5) is 11.7. The van der Waals surface area contributed by atoms with Crippen LogP contribution >= 0.6 is 0 Å². The van der Waals surface area contributed by atoms with Crippen molar-refractivity contribution in [2.24, 2.45) is 0 Å². The van der Waals surface area contributed by atoms with Crippen LogP contribution in [0.3, 0.4) is 0 Å². The van der Waals surface area contributed by atoms with Gasteiger partial charge in [-0.05, 0) is 6.42 Å². The Morgan fingerprint density at radius 2 is 1.39 bits per heavy atom. The molecule has 18 heavy (non-hydrogen) atoms. The van der Waals surface area contributed by atoms with Gasteiger partial charge < -0.3 is 0 Å². The van der Waals surface area contributed by atoms with Crippen LogP contribution in [0.25, 0.3) is 0 Å². The number of Topliss-reactive ketones (excluding diaryl/α,β-unsaturated/α-hetero) is 1. The van der Waals surface area contributed by atoms with Crippen molar-refractivity contribution in [3.63, 3.8) is 0 Å². The standard InChI is InChI=1S/C12H5F5O/c13-7-6(12(18)5-3-1-2-4-5)8(14)10(16)11(17)9(7)15/h1-3H,4H2. The molecule has 0 aliphatic heterocycles. The molecule has 6 heteroatoms. The lowest BCUT2D eigenvalue weighted by Gasteiger charge is -2.07. The zero-order chi connectivity index (χ0) is 13.4. The molecule has 0 bridgehead atoms. The smallest absolute Gasteiger partial charge is 0.200 e. The fourth-order valence-corrected chi connectivity index (χ4v) is 1.58. The molecule has 1 aliphatic carbocycles. The maximum atomic E-state index is 13.3. The van der Waals surface area contributed by atoms with Crippen LogP contribution in [-0.4, -0.2) is 5.78 Å². The Morgan fingerprint density at radius 1 is 0.889 bits per heavy atom. The van der Waals surface area contributed by atoms with Gasteiger partial charge in [-0.25, -0.2) is 22.0 Å². The van der Waals surface area contributed by atoms with Gasteiger partial charge >= 0.3 is 0 Å². The number of ketones is 1. The second-order valence-electron chi connectivity index (χ2n) is 3.60. The maximum Gasteiger partial charge on any atom is 0.200 e. The third-order valence-electron chi connectivity index (χ3n) is 2.50. The molecule has 0 heterocycles. The first-order valence-electron chi connectivity index (χ1n) is 4.87. The first-order valence-corrected chi connectivity index (χ1v) is 4.87. The highest BCUT2D eigenvalue weighted by molar-refractivity contribution is 6.09. The molecule has 0 saturated carbocycles. The Hall–Kier alpha value is -1.98. The van der Waals surface area contributed by atoms with Crippen LogP contribution in [0.4, 0.5) is 22.0 Å². The van der Waals surface area contributed by atoms with Crippen molar-refractivity contribution in [2.75, 3.05) is 0 Å². The van der Waals surface area contributed by atoms with Gasteiger partial charge in [0.1, 0.15) is 0 Å². The maximum absolute atomic E-state index is 13.3. The third kappa shape index (κ3) is 1.73. The van der Waals surface area contributed by atoms with E-state index in [0.29, 0.717) is 0 Å². The van der Waals surface area contributed by atoms with Crippen molar-refractivity contribution >= 4 is 5.78 Å². The predicted octanol–water partition coefficient (Wildman–Crippen LogP) is 3.45. The van der Waals surface area contributed by atoms with Gasteiger partial charge in [0.2, 0.25) is 5.82 Å². The summed E-state index contributed by atoms with van der Waals surface area (Å²) >= 11 is 0. The second-order valence-corrected chi connectivity index (χ2v) is 3.60. The Bertz CT molecular complexity index is 572. The third-order valence-corrected chi connectivity index (χ3v) is 2.50. The van der Waals surface area contributed by atoms with Gasteiger partial charge in [-0.15, -0.1) is 0 Å². The summed E-state index contributed by atoms with van der Waals surface area (Å²) in [5.41, 5.74) is -1.44. The minimum Gasteiger partial charge on any atom is -0.289 e. The van der Waals surface area contributed by atoms with Crippen LogP contribution < -0.4 is 0 Å². The first kappa shape index (κ1) is 12.5. The summed E-state index contributed by atoms with van der Waals surface area (Å²) in [6.07, 6.45) is 4.34. The molecule has 1 aliphatic rings. The molecule has 1 aromatic rings. The average Bonchev–Trinajstić information content (AvgIpc) is 2.88. The fourth-order valence-electron chi connectivity index (χ4n) is 1.58. The quantitative estimate of drug-likeness (QED) is 0.344. The number of hydrogen-bond acceptors (Lipinski definition) is 1. The van der Waals surface area contributed by atoms with E-state index in [0.717, 1.165) is 0 Å². The number of halogens is 5. The molecule has 0 N–H and O–H groups in total. The molecular formula is C12H5F5O. The highest BCUT2D eigenvalue weighted by Crippen LogP contribution is 2.26. The van der Waals surface area contributed by atoms with Gasteiger partial charge in [-0.2, -0.15) is 0 Å². The number of carbonyl (C=O) groups is 1. The monoisotopic (exact) mass is 260 g/mol. The van der Waals surface area contributed by atoms with Gasteiger partial charge in [-0.3, -0.25) is 4.79 Å². The van der Waals surface area contributed by atoms with Gasteiger partial charge in [-0.1, -0.05) is 18.2 Å². The highest BCUT2D eigenvalue weighted by atomic mass is 19.2. The van der Waals surface area contributed by atoms with E-state index in [2.05, 4.69) is 0 Å². The highest BCUT2D eigenvalue weighted by Gasteiger charge is 2.30. The van der Waals surface area contributed by atoms with Crippen LogP contribution in [0, 0.1) is 29.1 Å². The summed E-state index contributed by atoms with van der Waals surface area (Å²) in [5, 5.41) is 0. The fraction of sp³-hybridized carbons (Fsp3) is 0.0833. The normalized spacial score (nSPS) is 13.9. The average molecular weight is 260 g/mol. The summed E-state index contributed by atoms with van der Waals surface area (Å²) in [7, 11) is 0. The van der Waals surface area contributed by atoms with Gasteiger partial charge in [0.15, 0.2) is 29.1 Å². The first-order chi connectivity index (χ1) is 8.45. The molecule has 94 valence electrons. The molecule has 0 unspecified atom stereocenters. The molecule has 0 atom stereocenters. The Kier molecular flexibility index (Phi) is 3.02. The van der Waals surface area contributed by atoms with E-state index in [-0.39, 0.29) is 12.0 Å². The van der Waals surface area contributed by atoms with Crippen molar-refractivity contribution in [1.29, 1.82) is 0 Å². The van der Waals surface area contributed by atoms with E-state index >= 15 is 0 Å². The minimum atomic E-state index is -2.28. The minimum absolute atomic E-state index is 0.0294. The number of allylic oxidation sites excluding steroid dienone is 4. The van der Waals surface area contributed by atoms with Crippen molar-refractivity contribution in [3.8, 4) is 0 Å². The summed E-state index contributed by atoms with van der Waals surface area (Å²) < 4.78 is 65.2. The summed E-state index contributed by atoms with van der Waals surface area (Å²) in [6.45, 7) is 0. The van der Waals surface area contributed by atoms with Gasteiger partial charge in [0.05, 0.1) is 5.56 Å². The molecule has 1 nitrogen and oxygen atoms in total. The molecule has 1 aromatic carbocycles. The molecule has 0 amide bonds. The number of benzene rings is 1. The van der Waals surface area contributed by atoms with Crippen LogP contribution in [-0.2, 0) is 0 Å². The molecule has 0 spiro atoms. The molecule has 0 saturated heterocycles. The van der Waals surface area contributed by atoms with E-state index in [1.807, 2.05) is 0 Å². The summed E-state index contributed by atoms with van der Waals surface area (Å²) in [5.74, 6) is -11.9. The van der Waals surface area contributed by atoms with Crippen LogP contribution in [0.1, 0.15) is 16.8 Å². The van der Waals surface area contributed by atoms with Crippen LogP contribution in [0.2, 0.25) is 0 Å². The molecule has 0 aromatic heterocycles. The lowest BCUT2D eigenvalue weighted by molar-refractivity contribution is 0.102. The van der Waals surface area contributed by atoms with E-state index in [1.165, 1.54) is 18.2 Å². The molecule has 0 fully saturated rings. The zero-order valence-corrected chi connectivity index (χ0v) is 8.74. The molecule has 0 radical (unpaired) electrons. The van der Waals surface area contributed by atoms with E-state index in [9.17, 15) is 26.7 Å². The number of carbonyl (C=O) groups excluding carboxylic acids is 1. The van der Waals surface area contributed by atoms with Crippen molar-refractivity contribution in [3.05, 3.63) is 58.5 Å². The lowest BCUT2D eigenvalue weighted by atomic mass is 10.0. The van der Waals surface area contributed by atoms with Crippen molar-refractivity contribution in [2.45, 2.75) is 6.42 Å². The van der Waals surface area contributed by atoms with Gasteiger partial charge in [0.25, 0.3) is 0 Å². The van der Waals surface area contributed by atoms with E-state index in [4.69, 9.17) is 0 Å². The predicted molar refractivity (Wildman–Crippen MR) is 52.4 cm³/mol. The van der Waals surface area contributed by atoms with E-state index < -0.39 is 40.4 Å². The van der Waals surface area contributed by atoms with Crippen molar-refractivity contribution in [1.82, 2.24) is 0 Å². The lowest BCUT2D eigenvalue weighted by Crippen LogP contribution is -2.14. The SMILES string of the molecule is O=C(C1=CC=CC1)c1c(F)c(F)c(F)c(F)c1F. The Balaban J connectivity index is 2.61. The van der Waals surface area contributed by atoms with Crippen LogP contribution in [0.5, 0.6) is 0 Å². The van der Waals surface area contributed by atoms with E-state index in [1.54, 1.807) is 0 Å². The number of hydrogen-bond donors (Lipinski definition) is 0. The largest absolute Gasteiger partial charge is 0.289 e. The Labute approximate surface area is 98.2 Å². The van der Waals surface area contributed by atoms with Crippen molar-refractivity contribution < 1.29 is 26.7 Å². The topological polar surface area (TPSA) is 17.1 Å². The molecular weight excluding hydrogens is 255 g/mol. The second kappa shape index (κ2) is 4.36. The summed E-state index contributed by atoms with van der Waals surface area (Å²) in [6, 6.07) is 0. The molecule has 2 rings (SSSR count). The Morgan fingerprint density at radius 3 is 1.83 bits per heavy atom. The van der Waals surface area contributed by atoms with Gasteiger partial charge in [0, 0.05) is 5.57 Å². The zero-order valence-electron chi connectivity index (χ0n) is 8.74. The number of rotatable bonds is 2. The van der Waals surface area contributed by atoms with Crippen LogP contribution in [0.15, 0.2) is 23.8 Å².